The van der Waals surface area contributed by atoms with Gasteiger partial charge in [0.05, 0.1) is 11.3 Å². The molecule has 0 aromatic rings. The van der Waals surface area contributed by atoms with Crippen molar-refractivity contribution in [3.05, 3.63) is 23.8 Å². The number of aliphatic imine (C=N–C) groups is 1. The van der Waals surface area contributed by atoms with Crippen molar-refractivity contribution < 1.29 is 0 Å². The molecule has 0 saturated carbocycles. The summed E-state index contributed by atoms with van der Waals surface area (Å²) >= 11 is 0. The Morgan fingerprint density at radius 1 is 1.50 bits per heavy atom. The summed E-state index contributed by atoms with van der Waals surface area (Å²) in [5.41, 5.74) is 3.89. The minimum Gasteiger partial charge on any atom is -0.279 e. The molecule has 0 saturated heterocycles. The lowest BCUT2D eigenvalue weighted by Gasteiger charge is -2.11. The van der Waals surface area contributed by atoms with Gasteiger partial charge in [0, 0.05) is 0 Å². The second-order valence-electron chi connectivity index (χ2n) is 4.17. The number of allylic oxidation sites excluding steroid dienone is 2. The molecule has 1 rings (SSSR count). The van der Waals surface area contributed by atoms with Crippen molar-refractivity contribution in [1.29, 1.82) is 0 Å². The van der Waals surface area contributed by atoms with E-state index in [4.69, 9.17) is 0 Å². The van der Waals surface area contributed by atoms with Crippen molar-refractivity contribution >= 4 is 5.71 Å². The van der Waals surface area contributed by atoms with E-state index in [1.54, 1.807) is 0 Å². The third kappa shape index (κ3) is 1.66. The molecule has 0 aromatic carbocycles. The van der Waals surface area contributed by atoms with Crippen molar-refractivity contribution in [2.45, 2.75) is 39.7 Å². The van der Waals surface area contributed by atoms with Crippen LogP contribution in [0.4, 0.5) is 0 Å². The molecule has 0 N–H and O–H groups in total. The SMILES string of the molecule is C=CC1=NC(C)(C)CC1=C(C)C. The molecule has 0 amide bonds. The first-order chi connectivity index (χ1) is 5.46. The first kappa shape index (κ1) is 9.24. The van der Waals surface area contributed by atoms with Crippen molar-refractivity contribution in [2.75, 3.05) is 0 Å². The van der Waals surface area contributed by atoms with Gasteiger partial charge in [-0.3, -0.25) is 4.99 Å². The van der Waals surface area contributed by atoms with Crippen LogP contribution in [0, 0.1) is 0 Å². The molecular formula is C11H17N. The molecule has 12 heavy (non-hydrogen) atoms. The van der Waals surface area contributed by atoms with Crippen molar-refractivity contribution in [1.82, 2.24) is 0 Å². The Bertz CT molecular complexity index is 263. The molecule has 1 aliphatic rings. The van der Waals surface area contributed by atoms with Gasteiger partial charge in [-0.2, -0.15) is 0 Å². The largest absolute Gasteiger partial charge is 0.279 e. The average molecular weight is 163 g/mol. The smallest absolute Gasteiger partial charge is 0.0607 e. The van der Waals surface area contributed by atoms with Crippen LogP contribution in [-0.2, 0) is 0 Å². The summed E-state index contributed by atoms with van der Waals surface area (Å²) in [6, 6.07) is 0. The zero-order chi connectivity index (χ0) is 9.35. The molecule has 1 aliphatic heterocycles. The van der Waals surface area contributed by atoms with Gasteiger partial charge < -0.3 is 0 Å². The normalized spacial score (nSPS) is 20.7. The Morgan fingerprint density at radius 3 is 2.42 bits per heavy atom. The number of rotatable bonds is 1. The van der Waals surface area contributed by atoms with Crippen LogP contribution in [0.3, 0.4) is 0 Å². The minimum absolute atomic E-state index is 0.0795. The summed E-state index contributed by atoms with van der Waals surface area (Å²) < 4.78 is 0. The third-order valence-electron chi connectivity index (χ3n) is 2.14. The fourth-order valence-electron chi connectivity index (χ4n) is 1.56. The van der Waals surface area contributed by atoms with E-state index in [1.807, 2.05) is 6.08 Å². The second-order valence-corrected chi connectivity index (χ2v) is 4.17. The molecule has 66 valence electrons. The van der Waals surface area contributed by atoms with Crippen molar-refractivity contribution in [3.8, 4) is 0 Å². The molecule has 0 unspecified atom stereocenters. The Balaban J connectivity index is 3.09. The Morgan fingerprint density at radius 2 is 2.08 bits per heavy atom. The van der Waals surface area contributed by atoms with Gasteiger partial charge in [0.25, 0.3) is 0 Å². The lowest BCUT2D eigenvalue weighted by molar-refractivity contribution is 0.546. The Hall–Kier alpha value is -0.850. The van der Waals surface area contributed by atoms with Crippen LogP contribution in [0.25, 0.3) is 0 Å². The molecule has 0 spiro atoms. The summed E-state index contributed by atoms with van der Waals surface area (Å²) in [6.45, 7) is 12.4. The van der Waals surface area contributed by atoms with Crippen LogP contribution >= 0.6 is 0 Å². The predicted octanol–water partition coefficient (Wildman–Crippen LogP) is 3.13. The molecule has 0 fully saturated rings. The third-order valence-corrected chi connectivity index (χ3v) is 2.14. The quantitative estimate of drug-likeness (QED) is 0.563. The maximum Gasteiger partial charge on any atom is 0.0607 e. The van der Waals surface area contributed by atoms with Gasteiger partial charge in [-0.1, -0.05) is 12.2 Å². The molecular weight excluding hydrogens is 146 g/mol. The van der Waals surface area contributed by atoms with Crippen LogP contribution in [0.5, 0.6) is 0 Å². The van der Waals surface area contributed by atoms with E-state index >= 15 is 0 Å². The first-order valence-electron chi connectivity index (χ1n) is 4.35. The monoisotopic (exact) mass is 163 g/mol. The van der Waals surface area contributed by atoms with E-state index in [-0.39, 0.29) is 5.54 Å². The minimum atomic E-state index is 0.0795. The highest BCUT2D eigenvalue weighted by Crippen LogP contribution is 2.31. The van der Waals surface area contributed by atoms with E-state index in [0.717, 1.165) is 12.1 Å². The average Bonchev–Trinajstić information content (AvgIpc) is 2.25. The second kappa shape index (κ2) is 2.89. The van der Waals surface area contributed by atoms with Gasteiger partial charge >= 0.3 is 0 Å². The maximum absolute atomic E-state index is 4.58. The zero-order valence-electron chi connectivity index (χ0n) is 8.44. The molecule has 0 radical (unpaired) electrons. The number of nitrogens with zero attached hydrogens (tertiary/aromatic N) is 1. The number of hydrogen-bond donors (Lipinski definition) is 0. The van der Waals surface area contributed by atoms with Crippen LogP contribution in [0.1, 0.15) is 34.1 Å². The summed E-state index contributed by atoms with van der Waals surface area (Å²) in [4.78, 5) is 4.58. The van der Waals surface area contributed by atoms with E-state index < -0.39 is 0 Å². The van der Waals surface area contributed by atoms with Crippen LogP contribution in [0.2, 0.25) is 0 Å². The molecule has 1 heterocycles. The molecule has 0 aromatic heterocycles. The lowest BCUT2D eigenvalue weighted by Crippen LogP contribution is -2.11. The zero-order valence-corrected chi connectivity index (χ0v) is 8.44. The van der Waals surface area contributed by atoms with Gasteiger partial charge in [0.15, 0.2) is 0 Å². The standard InChI is InChI=1S/C11H17N/c1-6-10-9(8(2)3)7-11(4,5)12-10/h6H,1,7H2,2-5H3. The summed E-state index contributed by atoms with van der Waals surface area (Å²) in [5.74, 6) is 0. The first-order valence-corrected chi connectivity index (χ1v) is 4.35. The van der Waals surface area contributed by atoms with Gasteiger partial charge in [0.1, 0.15) is 0 Å². The van der Waals surface area contributed by atoms with Gasteiger partial charge in [-0.15, -0.1) is 0 Å². The summed E-state index contributed by atoms with van der Waals surface area (Å²) in [7, 11) is 0. The molecule has 0 atom stereocenters. The molecule has 1 heteroatoms. The Kier molecular flexibility index (Phi) is 2.22. The van der Waals surface area contributed by atoms with Gasteiger partial charge in [-0.05, 0) is 45.8 Å². The molecule has 0 aliphatic carbocycles. The van der Waals surface area contributed by atoms with Gasteiger partial charge in [-0.25, -0.2) is 0 Å². The number of hydrogen-bond acceptors (Lipinski definition) is 1. The van der Waals surface area contributed by atoms with E-state index in [9.17, 15) is 0 Å². The van der Waals surface area contributed by atoms with Crippen LogP contribution in [0.15, 0.2) is 28.8 Å². The topological polar surface area (TPSA) is 12.4 Å². The summed E-state index contributed by atoms with van der Waals surface area (Å²) in [5, 5.41) is 0. The highest BCUT2D eigenvalue weighted by Gasteiger charge is 2.27. The fraction of sp³-hybridized carbons (Fsp3) is 0.545. The maximum atomic E-state index is 4.58. The van der Waals surface area contributed by atoms with E-state index in [2.05, 4.69) is 39.3 Å². The highest BCUT2D eigenvalue weighted by atomic mass is 14.9. The van der Waals surface area contributed by atoms with Crippen molar-refractivity contribution in [3.63, 3.8) is 0 Å². The predicted molar refractivity (Wildman–Crippen MR) is 54.7 cm³/mol. The van der Waals surface area contributed by atoms with Gasteiger partial charge in [0.2, 0.25) is 0 Å². The summed E-state index contributed by atoms with van der Waals surface area (Å²) in [6.07, 6.45) is 2.91. The molecule has 1 nitrogen and oxygen atoms in total. The van der Waals surface area contributed by atoms with Crippen LogP contribution < -0.4 is 0 Å². The van der Waals surface area contributed by atoms with E-state index in [0.29, 0.717) is 0 Å². The highest BCUT2D eigenvalue weighted by molar-refractivity contribution is 6.10. The van der Waals surface area contributed by atoms with Crippen molar-refractivity contribution in [2.24, 2.45) is 4.99 Å². The van der Waals surface area contributed by atoms with Crippen LogP contribution in [-0.4, -0.2) is 11.3 Å². The molecule has 0 bridgehead atoms. The van der Waals surface area contributed by atoms with E-state index in [1.165, 1.54) is 11.1 Å². The lowest BCUT2D eigenvalue weighted by atomic mass is 9.95. The Labute approximate surface area is 74.9 Å². The fourth-order valence-corrected chi connectivity index (χ4v) is 1.56.